The minimum Gasteiger partial charge on any atom is -0.481 e. The van der Waals surface area contributed by atoms with E-state index < -0.39 is 86.0 Å². The summed E-state index contributed by atoms with van der Waals surface area (Å²) < 4.78 is 27.7. The van der Waals surface area contributed by atoms with E-state index in [4.69, 9.17) is 20.1 Å². The number of rotatable bonds is 16. The number of ether oxygens (including phenoxy) is 1. The second kappa shape index (κ2) is 16.7. The average molecular weight is 779 g/mol. The molecule has 1 amide bonds. The van der Waals surface area contributed by atoms with E-state index in [9.17, 15) is 48.4 Å². The van der Waals surface area contributed by atoms with Crippen molar-refractivity contribution in [3.8, 4) is 0 Å². The summed E-state index contributed by atoms with van der Waals surface area (Å²) in [5.41, 5.74) is 4.89. The minimum absolute atomic E-state index is 0.0408. The van der Waals surface area contributed by atoms with Crippen LogP contribution < -0.4 is 38.1 Å². The number of amides is 1. The standard InChI is InChI=1S/C31H39N8O14P/c1-51-54(49,50)52-14-22-21(40)10-23(53-22)39-13-16(27(44)37-31(39)48)12-38-18(6-7-19-25(38)28(45)36-30(32)35-19)11-33-17-4-2-15(3-5-17)26(43)34-20(29(46)47)8-9-24(41)42/h2-5,13,18,20-23,33,40H,6-12,14H2,1H3,(H,34,43)(H,41,42)(H,46,47)(H,49,50)(H,37,44,48)(H3,32,35,36,45)/t18?,20?,21-,22+,23+/m0/s1. The van der Waals surface area contributed by atoms with E-state index in [2.05, 4.69) is 30.1 Å². The lowest BCUT2D eigenvalue weighted by Crippen LogP contribution is -2.47. The minimum atomic E-state index is -4.38. The molecule has 1 fully saturated rings. The number of fused-ring (bicyclic) bond motifs is 1. The van der Waals surface area contributed by atoms with Crippen LogP contribution in [0.5, 0.6) is 0 Å². The van der Waals surface area contributed by atoms with Gasteiger partial charge >= 0.3 is 25.5 Å². The van der Waals surface area contributed by atoms with Gasteiger partial charge in [-0.05, 0) is 43.5 Å². The number of phosphoric acid groups is 1. The van der Waals surface area contributed by atoms with Gasteiger partial charge in [-0.1, -0.05) is 0 Å². The Morgan fingerprint density at radius 3 is 2.54 bits per heavy atom. The van der Waals surface area contributed by atoms with Crippen molar-refractivity contribution in [2.45, 2.75) is 69.2 Å². The molecule has 10 N–H and O–H groups in total. The highest BCUT2D eigenvalue weighted by atomic mass is 31.2. The number of hydrogen-bond donors (Lipinski definition) is 9. The fourth-order valence-corrected chi connectivity index (χ4v) is 6.54. The Hall–Kier alpha value is -5.38. The highest BCUT2D eigenvalue weighted by Gasteiger charge is 2.38. The molecule has 0 aliphatic carbocycles. The SMILES string of the molecule is COP(=O)(O)OC[C@H]1O[C@@H](n2cc(CN3c4c(nc(N)[nH]c4=O)CCC3CNc3ccc(C(=O)NC(CCC(=O)O)C(=O)O)cc3)c(=O)[nH]c2=O)C[C@@H]1O. The van der Waals surface area contributed by atoms with Crippen LogP contribution in [0.3, 0.4) is 0 Å². The van der Waals surface area contributed by atoms with Gasteiger partial charge in [-0.15, -0.1) is 0 Å². The molecule has 2 aliphatic heterocycles. The van der Waals surface area contributed by atoms with Crippen LogP contribution >= 0.6 is 7.82 Å². The number of aliphatic hydroxyl groups is 1. The maximum Gasteiger partial charge on any atom is 0.472 e. The average Bonchev–Trinajstić information content (AvgIpc) is 3.49. The van der Waals surface area contributed by atoms with Crippen LogP contribution in [0.25, 0.3) is 0 Å². The number of hydrogen-bond acceptors (Lipinski definition) is 15. The van der Waals surface area contributed by atoms with Gasteiger partial charge in [-0.2, -0.15) is 0 Å². The lowest BCUT2D eigenvalue weighted by atomic mass is 9.99. The second-order valence-electron chi connectivity index (χ2n) is 12.5. The number of aliphatic hydroxyl groups excluding tert-OH is 1. The van der Waals surface area contributed by atoms with Crippen LogP contribution in [0.4, 0.5) is 17.3 Å². The van der Waals surface area contributed by atoms with Crippen molar-refractivity contribution in [3.63, 3.8) is 0 Å². The summed E-state index contributed by atoms with van der Waals surface area (Å²) in [7, 11) is -3.41. The van der Waals surface area contributed by atoms with E-state index in [-0.39, 0.29) is 48.7 Å². The number of nitrogens with one attached hydrogen (secondary N) is 4. The summed E-state index contributed by atoms with van der Waals surface area (Å²) in [5.74, 6) is -3.38. The molecule has 5 rings (SSSR count). The van der Waals surface area contributed by atoms with Gasteiger partial charge in [0.05, 0.1) is 30.5 Å². The zero-order valence-corrected chi connectivity index (χ0v) is 29.6. The maximum absolute atomic E-state index is 13.3. The van der Waals surface area contributed by atoms with Crippen molar-refractivity contribution < 1.29 is 52.9 Å². The van der Waals surface area contributed by atoms with Crippen LogP contribution in [0, 0.1) is 0 Å². The number of anilines is 3. The number of nitrogens with zero attached hydrogens (tertiary/aromatic N) is 3. The number of carbonyl (C=O) groups is 3. The lowest BCUT2D eigenvalue weighted by molar-refractivity contribution is -0.140. The van der Waals surface area contributed by atoms with Gasteiger partial charge in [0.2, 0.25) is 5.95 Å². The topological polar surface area (TPSA) is 331 Å². The Labute approximate surface area is 304 Å². The highest BCUT2D eigenvalue weighted by molar-refractivity contribution is 7.47. The zero-order chi connectivity index (χ0) is 39.3. The lowest BCUT2D eigenvalue weighted by Gasteiger charge is -2.38. The molecule has 0 bridgehead atoms. The number of H-pyrrole nitrogens is 2. The van der Waals surface area contributed by atoms with Crippen LogP contribution in [-0.2, 0) is 40.9 Å². The Morgan fingerprint density at radius 2 is 1.87 bits per heavy atom. The molecule has 0 radical (unpaired) electrons. The van der Waals surface area contributed by atoms with Crippen LogP contribution in [0.2, 0.25) is 0 Å². The molecule has 0 saturated carbocycles. The molecule has 3 unspecified atom stereocenters. The predicted octanol–water partition coefficient (Wildman–Crippen LogP) is -0.905. The Bertz CT molecular complexity index is 2100. The van der Waals surface area contributed by atoms with E-state index in [1.807, 2.05) is 0 Å². The molecule has 3 aromatic rings. The van der Waals surface area contributed by atoms with E-state index in [0.29, 0.717) is 24.2 Å². The molecular formula is C31H39N8O14P. The molecule has 22 nitrogen and oxygen atoms in total. The van der Waals surface area contributed by atoms with Gasteiger partial charge in [0.1, 0.15) is 24.1 Å². The summed E-state index contributed by atoms with van der Waals surface area (Å²) in [6, 6.07) is 4.19. The van der Waals surface area contributed by atoms with Crippen LogP contribution in [0.15, 0.2) is 44.8 Å². The number of carboxylic acids is 2. The molecule has 1 saturated heterocycles. The monoisotopic (exact) mass is 778 g/mol. The molecule has 2 aliphatic rings. The van der Waals surface area contributed by atoms with Crippen LogP contribution in [0.1, 0.15) is 53.5 Å². The summed E-state index contributed by atoms with van der Waals surface area (Å²) in [6.07, 6.45) is -2.25. The fraction of sp³-hybridized carbons (Fsp3) is 0.452. The highest BCUT2D eigenvalue weighted by Crippen LogP contribution is 2.43. The molecule has 1 aromatic carbocycles. The van der Waals surface area contributed by atoms with Crippen molar-refractivity contribution in [3.05, 3.63) is 78.5 Å². The number of aromatic amines is 2. The number of carboxylic acid groups (broad SMARTS) is 2. The maximum atomic E-state index is 13.3. The Balaban J connectivity index is 1.34. The first-order chi connectivity index (χ1) is 25.5. The third kappa shape index (κ3) is 9.58. The zero-order valence-electron chi connectivity index (χ0n) is 28.7. The summed E-state index contributed by atoms with van der Waals surface area (Å²) in [6.45, 7) is -0.519. The Kier molecular flexibility index (Phi) is 12.3. The molecule has 23 heteroatoms. The van der Waals surface area contributed by atoms with E-state index in [1.54, 1.807) is 17.0 Å². The second-order valence-corrected chi connectivity index (χ2v) is 14.1. The first kappa shape index (κ1) is 39.8. The largest absolute Gasteiger partial charge is 0.481 e. The normalized spacial score (nSPS) is 21.1. The first-order valence-electron chi connectivity index (χ1n) is 16.5. The first-order valence-corrected chi connectivity index (χ1v) is 18.0. The molecule has 4 heterocycles. The number of benzene rings is 1. The third-order valence-electron chi connectivity index (χ3n) is 8.90. The van der Waals surface area contributed by atoms with Crippen molar-refractivity contribution in [1.29, 1.82) is 0 Å². The van der Waals surface area contributed by atoms with E-state index in [1.165, 1.54) is 18.3 Å². The number of phosphoric ester groups is 1. The number of carbonyl (C=O) groups excluding carboxylic acids is 1. The fourth-order valence-electron chi connectivity index (χ4n) is 6.10. The van der Waals surface area contributed by atoms with Crippen molar-refractivity contribution in [2.75, 3.05) is 36.2 Å². The molecule has 2 aromatic heterocycles. The Morgan fingerprint density at radius 1 is 1.15 bits per heavy atom. The number of aromatic nitrogens is 4. The van der Waals surface area contributed by atoms with Gasteiger partial charge < -0.3 is 46.2 Å². The quantitative estimate of drug-likeness (QED) is 0.0795. The summed E-state index contributed by atoms with van der Waals surface area (Å²) in [5, 5.41) is 34.3. The van der Waals surface area contributed by atoms with Gasteiger partial charge in [-0.3, -0.25) is 42.8 Å². The van der Waals surface area contributed by atoms with Crippen molar-refractivity contribution >= 4 is 43.0 Å². The molecule has 292 valence electrons. The molecular weight excluding hydrogens is 739 g/mol. The van der Waals surface area contributed by atoms with Crippen molar-refractivity contribution in [2.24, 2.45) is 0 Å². The van der Waals surface area contributed by atoms with Crippen molar-refractivity contribution in [1.82, 2.24) is 24.8 Å². The van der Waals surface area contributed by atoms with Gasteiger partial charge in [0, 0.05) is 50.0 Å². The number of aryl methyl sites for hydroxylation is 1. The smallest absolute Gasteiger partial charge is 0.472 e. The third-order valence-corrected chi connectivity index (χ3v) is 9.83. The van der Waals surface area contributed by atoms with Gasteiger partial charge in [0.25, 0.3) is 17.0 Å². The van der Waals surface area contributed by atoms with E-state index in [0.717, 1.165) is 11.7 Å². The number of aliphatic carboxylic acids is 2. The molecule has 0 spiro atoms. The number of nitrogens with two attached hydrogens (primary N) is 1. The van der Waals surface area contributed by atoms with Gasteiger partial charge in [-0.25, -0.2) is 19.1 Å². The van der Waals surface area contributed by atoms with Gasteiger partial charge in [0.15, 0.2) is 0 Å². The van der Waals surface area contributed by atoms with E-state index >= 15 is 0 Å². The number of nitrogen functional groups attached to an aromatic ring is 1. The molecule has 54 heavy (non-hydrogen) atoms. The summed E-state index contributed by atoms with van der Waals surface area (Å²) >= 11 is 0. The summed E-state index contributed by atoms with van der Waals surface area (Å²) in [4.78, 5) is 94.5. The van der Waals surface area contributed by atoms with Crippen LogP contribution in [-0.4, -0.2) is 102 Å². The predicted molar refractivity (Wildman–Crippen MR) is 187 cm³/mol. The molecule has 6 atom stereocenters.